The van der Waals surface area contributed by atoms with Gasteiger partial charge in [0.25, 0.3) is 0 Å². The number of esters is 2. The van der Waals surface area contributed by atoms with E-state index in [1.165, 1.54) is 7.11 Å². The fourth-order valence-corrected chi connectivity index (χ4v) is 2.22. The number of amides is 2. The topological polar surface area (TPSA) is 153 Å². The summed E-state index contributed by atoms with van der Waals surface area (Å²) in [7, 11) is 2.45. The molecular weight excluding hydrogens is 342 g/mol. The number of carbonyl (C=O) groups is 3. The predicted molar refractivity (Wildman–Crippen MR) is 79.7 cm³/mol. The van der Waals surface area contributed by atoms with Gasteiger partial charge in [-0.15, -0.1) is 4.91 Å². The van der Waals surface area contributed by atoms with Gasteiger partial charge in [-0.25, -0.2) is 4.79 Å². The van der Waals surface area contributed by atoms with Gasteiger partial charge < -0.3 is 29.4 Å². The van der Waals surface area contributed by atoms with Crippen molar-refractivity contribution in [3.63, 3.8) is 0 Å². The molecule has 142 valence electrons. The molecule has 1 heterocycles. The highest BCUT2D eigenvalue weighted by atomic mass is 16.7. The van der Waals surface area contributed by atoms with Gasteiger partial charge in [0, 0.05) is 34.5 Å². The van der Waals surface area contributed by atoms with E-state index in [2.05, 4.69) is 10.6 Å². The molecule has 5 atom stereocenters. The number of nitrogens with zero attached hydrogens (tertiary/aromatic N) is 2. The third-order valence-corrected chi connectivity index (χ3v) is 3.36. The molecule has 1 aliphatic heterocycles. The molecule has 0 aromatic carbocycles. The first kappa shape index (κ1) is 20.7. The minimum absolute atomic E-state index is 0.156. The normalized spacial score (nSPS) is 26.4. The maximum absolute atomic E-state index is 11.5. The SMILES string of the molecule is CO[C@H](CNC(=O)N(C)N=O)[C@H]1OC(OC(C)=O)[C@H](OC(C)=O)[C@H]1O. The molecule has 25 heavy (non-hydrogen) atoms. The fraction of sp³-hybridized carbons (Fsp3) is 0.769. The second-order valence-corrected chi connectivity index (χ2v) is 5.21. The number of urea groups is 1. The third kappa shape index (κ3) is 5.62. The van der Waals surface area contributed by atoms with E-state index in [9.17, 15) is 24.4 Å². The van der Waals surface area contributed by atoms with E-state index < -0.39 is 48.7 Å². The van der Waals surface area contributed by atoms with Crippen LogP contribution in [0.1, 0.15) is 13.8 Å². The molecule has 0 bridgehead atoms. The lowest BCUT2D eigenvalue weighted by atomic mass is 10.1. The Morgan fingerprint density at radius 2 is 1.88 bits per heavy atom. The van der Waals surface area contributed by atoms with Crippen molar-refractivity contribution < 1.29 is 38.4 Å². The Balaban J connectivity index is 2.82. The smallest absolute Gasteiger partial charge is 0.340 e. The van der Waals surface area contributed by atoms with Gasteiger partial charge in [-0.1, -0.05) is 0 Å². The van der Waals surface area contributed by atoms with Crippen LogP contribution in [0.3, 0.4) is 0 Å². The van der Waals surface area contributed by atoms with E-state index in [0.717, 1.165) is 20.9 Å². The molecule has 0 spiro atoms. The maximum Gasteiger partial charge on any atom is 0.340 e. The molecule has 0 aliphatic carbocycles. The quantitative estimate of drug-likeness (QED) is 0.326. The van der Waals surface area contributed by atoms with Gasteiger partial charge in [-0.05, 0) is 0 Å². The third-order valence-electron chi connectivity index (χ3n) is 3.36. The molecule has 0 radical (unpaired) electrons. The Bertz CT molecular complexity index is 515. The van der Waals surface area contributed by atoms with E-state index in [1.54, 1.807) is 0 Å². The molecular formula is C13H21N3O9. The van der Waals surface area contributed by atoms with Crippen LogP contribution >= 0.6 is 0 Å². The average molecular weight is 363 g/mol. The van der Waals surface area contributed by atoms with Crippen LogP contribution in [0.15, 0.2) is 5.29 Å². The number of hydrogen-bond donors (Lipinski definition) is 2. The minimum atomic E-state index is -1.38. The van der Waals surface area contributed by atoms with Crippen LogP contribution in [-0.4, -0.2) is 79.5 Å². The maximum atomic E-state index is 11.5. The van der Waals surface area contributed by atoms with Gasteiger partial charge >= 0.3 is 18.0 Å². The van der Waals surface area contributed by atoms with Crippen LogP contribution in [0.5, 0.6) is 0 Å². The Labute approximate surface area is 143 Å². The zero-order valence-electron chi connectivity index (χ0n) is 14.2. The Kier molecular flexibility index (Phi) is 7.67. The lowest BCUT2D eigenvalue weighted by Gasteiger charge is -2.24. The zero-order chi connectivity index (χ0) is 19.1. The molecule has 0 saturated carbocycles. The highest BCUT2D eigenvalue weighted by Gasteiger charge is 2.51. The van der Waals surface area contributed by atoms with E-state index >= 15 is 0 Å². The summed E-state index contributed by atoms with van der Waals surface area (Å²) in [4.78, 5) is 44.1. The Hall–Kier alpha value is -2.31. The van der Waals surface area contributed by atoms with Gasteiger partial charge in [0.2, 0.25) is 6.29 Å². The molecule has 1 rings (SSSR count). The summed E-state index contributed by atoms with van der Waals surface area (Å²) < 4.78 is 20.4. The highest BCUT2D eigenvalue weighted by Crippen LogP contribution is 2.28. The largest absolute Gasteiger partial charge is 0.453 e. The molecule has 2 amide bonds. The van der Waals surface area contributed by atoms with Crippen molar-refractivity contribution in [2.75, 3.05) is 20.7 Å². The number of nitrogens with one attached hydrogen (secondary N) is 1. The number of rotatable bonds is 7. The van der Waals surface area contributed by atoms with Crippen LogP contribution in [-0.2, 0) is 28.5 Å². The number of nitroso groups, excluding NO2 is 1. The summed E-state index contributed by atoms with van der Waals surface area (Å²) in [6.45, 7) is 2.10. The van der Waals surface area contributed by atoms with Crippen molar-refractivity contribution in [3.8, 4) is 0 Å². The summed E-state index contributed by atoms with van der Waals surface area (Å²) in [5.74, 6) is -1.40. The van der Waals surface area contributed by atoms with Crippen LogP contribution in [0.4, 0.5) is 4.79 Å². The first-order valence-corrected chi connectivity index (χ1v) is 7.26. The summed E-state index contributed by atoms with van der Waals surface area (Å²) in [5.41, 5.74) is 0. The van der Waals surface area contributed by atoms with Crippen LogP contribution in [0.2, 0.25) is 0 Å². The molecule has 12 heteroatoms. The second-order valence-electron chi connectivity index (χ2n) is 5.21. The number of carbonyl (C=O) groups excluding carboxylic acids is 3. The van der Waals surface area contributed by atoms with Gasteiger partial charge in [-0.2, -0.15) is 5.01 Å². The molecule has 1 saturated heterocycles. The molecule has 1 unspecified atom stereocenters. The average Bonchev–Trinajstić information content (AvgIpc) is 2.82. The standard InChI is InChI=1S/C13H21N3O9/c1-6(17)23-11-9(19)10(25-12(11)24-7(2)18)8(22-4)5-14-13(20)16(3)15-21/h8-12,19H,5H2,1-4H3,(H,14,20)/t8-,9+,10-,11-,12?/m1/s1. The lowest BCUT2D eigenvalue weighted by Crippen LogP contribution is -2.48. The monoisotopic (exact) mass is 363 g/mol. The minimum Gasteiger partial charge on any atom is -0.453 e. The van der Waals surface area contributed by atoms with Crippen molar-refractivity contribution in [2.24, 2.45) is 5.29 Å². The van der Waals surface area contributed by atoms with Crippen molar-refractivity contribution in [3.05, 3.63) is 4.91 Å². The highest BCUT2D eigenvalue weighted by molar-refractivity contribution is 5.73. The van der Waals surface area contributed by atoms with Crippen molar-refractivity contribution in [1.29, 1.82) is 0 Å². The zero-order valence-corrected chi connectivity index (χ0v) is 14.2. The van der Waals surface area contributed by atoms with Crippen molar-refractivity contribution in [1.82, 2.24) is 10.3 Å². The second kappa shape index (κ2) is 9.25. The predicted octanol–water partition coefficient (Wildman–Crippen LogP) is -1.10. The van der Waals surface area contributed by atoms with Crippen molar-refractivity contribution in [2.45, 2.75) is 44.6 Å². The Morgan fingerprint density at radius 1 is 1.28 bits per heavy atom. The number of aliphatic hydroxyl groups excluding tert-OH is 1. The number of methoxy groups -OCH3 is 1. The van der Waals surface area contributed by atoms with Gasteiger partial charge in [0.1, 0.15) is 18.3 Å². The molecule has 0 aromatic heterocycles. The van der Waals surface area contributed by atoms with E-state index in [0.29, 0.717) is 5.01 Å². The summed E-state index contributed by atoms with van der Waals surface area (Å²) in [6.07, 6.45) is -5.92. The number of hydrogen-bond acceptors (Lipinski definition) is 10. The van der Waals surface area contributed by atoms with Gasteiger partial charge in [0.15, 0.2) is 6.10 Å². The Morgan fingerprint density at radius 3 is 2.36 bits per heavy atom. The van der Waals surface area contributed by atoms with Gasteiger partial charge in [0.05, 0.1) is 5.29 Å². The van der Waals surface area contributed by atoms with E-state index in [4.69, 9.17) is 18.9 Å². The summed E-state index contributed by atoms with van der Waals surface area (Å²) in [6, 6.07) is -0.794. The van der Waals surface area contributed by atoms with E-state index in [-0.39, 0.29) is 6.54 Å². The molecule has 1 fully saturated rings. The van der Waals surface area contributed by atoms with E-state index in [1.807, 2.05) is 0 Å². The first-order valence-electron chi connectivity index (χ1n) is 7.26. The molecule has 1 aliphatic rings. The first-order chi connectivity index (χ1) is 11.7. The molecule has 12 nitrogen and oxygen atoms in total. The van der Waals surface area contributed by atoms with Gasteiger partial charge in [-0.3, -0.25) is 9.59 Å². The molecule has 2 N–H and O–H groups in total. The summed E-state index contributed by atoms with van der Waals surface area (Å²) >= 11 is 0. The van der Waals surface area contributed by atoms with Crippen molar-refractivity contribution >= 4 is 18.0 Å². The lowest BCUT2D eigenvalue weighted by molar-refractivity contribution is -0.199. The number of ether oxygens (including phenoxy) is 4. The fourth-order valence-electron chi connectivity index (χ4n) is 2.22. The van der Waals surface area contributed by atoms with Crippen LogP contribution in [0.25, 0.3) is 0 Å². The number of aliphatic hydroxyl groups is 1. The van der Waals surface area contributed by atoms with Crippen LogP contribution in [0, 0.1) is 4.91 Å². The summed E-state index contributed by atoms with van der Waals surface area (Å²) in [5, 5.41) is 15.7. The van der Waals surface area contributed by atoms with Crippen LogP contribution < -0.4 is 5.32 Å². The molecule has 0 aromatic rings.